The average molecular weight is 374 g/mol. The molecule has 3 rings (SSSR count). The zero-order valence-electron chi connectivity index (χ0n) is 17.1. The van der Waals surface area contributed by atoms with Gasteiger partial charge in [0.2, 0.25) is 0 Å². The quantitative estimate of drug-likeness (QED) is 0.716. The van der Waals surface area contributed by atoms with Crippen LogP contribution < -0.4 is 10.2 Å². The van der Waals surface area contributed by atoms with Crippen molar-refractivity contribution in [2.45, 2.75) is 70.7 Å². The number of Topliss-reactive ketones (excluding diaryl/α,β-unsaturated/α-hetero) is 1. The van der Waals surface area contributed by atoms with Crippen LogP contribution in [0.2, 0.25) is 0 Å². The molecule has 0 unspecified atom stereocenters. The number of ether oxygens (including phenoxy) is 2. The van der Waals surface area contributed by atoms with Crippen molar-refractivity contribution in [2.75, 3.05) is 13.7 Å². The van der Waals surface area contributed by atoms with E-state index in [0.29, 0.717) is 0 Å². The molecule has 0 amide bonds. The molecule has 1 aromatic rings. The summed E-state index contributed by atoms with van der Waals surface area (Å²) < 4.78 is 23.3. The van der Waals surface area contributed by atoms with Gasteiger partial charge in [-0.2, -0.15) is 0 Å². The number of ketones is 1. The number of hydrogen-bond acceptors (Lipinski definition) is 5. The molecule has 1 aromatic carbocycles. The predicted molar refractivity (Wildman–Crippen MR) is 105 cm³/mol. The molecule has 2 fully saturated rings. The average Bonchev–Trinajstić information content (AvgIpc) is 2.84. The van der Waals surface area contributed by atoms with E-state index in [1.165, 1.54) is 0 Å². The molecule has 0 spiro atoms. The molecule has 1 saturated carbocycles. The van der Waals surface area contributed by atoms with Crippen LogP contribution in [0.25, 0.3) is 0 Å². The standard InChI is InChI=1S/C21H31BO5/c1-20(2)21(3,4)27-22(26-20)16-9-11-17(12-10-16)25-18-8-6-7-15(13-18)19(23)14-24-5/h9-12,15,18H,6-8,13-14H2,1-5H3/t15-,18-/m0/s1. The van der Waals surface area contributed by atoms with E-state index >= 15 is 0 Å². The highest BCUT2D eigenvalue weighted by molar-refractivity contribution is 6.62. The molecule has 0 N–H and O–H groups in total. The Bertz CT molecular complexity index is 639. The second kappa shape index (κ2) is 7.94. The molecule has 2 aliphatic rings. The third-order valence-electron chi connectivity index (χ3n) is 6.08. The topological polar surface area (TPSA) is 54.0 Å². The fraction of sp³-hybridized carbons (Fsp3) is 0.667. The van der Waals surface area contributed by atoms with Crippen LogP contribution in [0.5, 0.6) is 5.75 Å². The zero-order valence-corrected chi connectivity index (χ0v) is 17.1. The lowest BCUT2D eigenvalue weighted by molar-refractivity contribution is -0.128. The van der Waals surface area contributed by atoms with Crippen molar-refractivity contribution in [3.63, 3.8) is 0 Å². The van der Waals surface area contributed by atoms with Crippen LogP contribution in [-0.4, -0.2) is 43.9 Å². The van der Waals surface area contributed by atoms with Gasteiger partial charge in [-0.15, -0.1) is 0 Å². The smallest absolute Gasteiger partial charge is 0.490 e. The maximum atomic E-state index is 12.1. The Morgan fingerprint density at radius 3 is 2.33 bits per heavy atom. The summed E-state index contributed by atoms with van der Waals surface area (Å²) in [4.78, 5) is 12.1. The lowest BCUT2D eigenvalue weighted by atomic mass is 9.79. The van der Waals surface area contributed by atoms with Gasteiger partial charge in [-0.1, -0.05) is 12.1 Å². The van der Waals surface area contributed by atoms with E-state index < -0.39 is 0 Å². The number of carbonyl (C=O) groups excluding carboxylic acids is 1. The van der Waals surface area contributed by atoms with E-state index in [2.05, 4.69) is 27.7 Å². The molecule has 1 heterocycles. The minimum Gasteiger partial charge on any atom is -0.490 e. The summed E-state index contributed by atoms with van der Waals surface area (Å²) >= 11 is 0. The third-order valence-corrected chi connectivity index (χ3v) is 6.08. The Balaban J connectivity index is 1.59. The summed E-state index contributed by atoms with van der Waals surface area (Å²) in [6.45, 7) is 8.40. The molecule has 6 heteroatoms. The molecule has 1 saturated heterocycles. The Morgan fingerprint density at radius 2 is 1.74 bits per heavy atom. The Morgan fingerprint density at radius 1 is 1.11 bits per heavy atom. The van der Waals surface area contributed by atoms with E-state index in [0.717, 1.165) is 36.9 Å². The molecule has 0 aromatic heterocycles. The highest BCUT2D eigenvalue weighted by Crippen LogP contribution is 2.36. The van der Waals surface area contributed by atoms with Crippen molar-refractivity contribution in [1.82, 2.24) is 0 Å². The maximum Gasteiger partial charge on any atom is 0.494 e. The Kier molecular flexibility index (Phi) is 5.99. The molecule has 1 aliphatic heterocycles. The number of hydrogen-bond donors (Lipinski definition) is 0. The number of benzene rings is 1. The molecular weight excluding hydrogens is 343 g/mol. The van der Waals surface area contributed by atoms with Gasteiger partial charge in [-0.3, -0.25) is 4.79 Å². The molecular formula is C21H31BO5. The van der Waals surface area contributed by atoms with Gasteiger partial charge in [0, 0.05) is 13.0 Å². The monoisotopic (exact) mass is 374 g/mol. The van der Waals surface area contributed by atoms with E-state index in [4.69, 9.17) is 18.8 Å². The van der Waals surface area contributed by atoms with Gasteiger partial charge in [0.25, 0.3) is 0 Å². The minimum absolute atomic E-state index is 0.0488. The normalized spacial score (nSPS) is 26.8. The summed E-state index contributed by atoms with van der Waals surface area (Å²) in [7, 11) is 1.20. The van der Waals surface area contributed by atoms with Crippen LogP contribution in [0.4, 0.5) is 0 Å². The van der Waals surface area contributed by atoms with Gasteiger partial charge >= 0.3 is 7.12 Å². The first-order valence-corrected chi connectivity index (χ1v) is 9.86. The lowest BCUT2D eigenvalue weighted by Crippen LogP contribution is -2.41. The van der Waals surface area contributed by atoms with Gasteiger partial charge < -0.3 is 18.8 Å². The van der Waals surface area contributed by atoms with E-state index in [1.807, 2.05) is 24.3 Å². The van der Waals surface area contributed by atoms with Crippen molar-refractivity contribution >= 4 is 18.4 Å². The Labute approximate surface area is 162 Å². The van der Waals surface area contributed by atoms with Crippen LogP contribution >= 0.6 is 0 Å². The highest BCUT2D eigenvalue weighted by atomic mass is 16.7. The van der Waals surface area contributed by atoms with Crippen LogP contribution in [0.15, 0.2) is 24.3 Å². The maximum absolute atomic E-state index is 12.1. The molecule has 0 radical (unpaired) electrons. The lowest BCUT2D eigenvalue weighted by Gasteiger charge is -2.32. The van der Waals surface area contributed by atoms with Crippen molar-refractivity contribution in [2.24, 2.45) is 5.92 Å². The molecule has 27 heavy (non-hydrogen) atoms. The van der Waals surface area contributed by atoms with Crippen LogP contribution in [0, 0.1) is 5.92 Å². The van der Waals surface area contributed by atoms with Crippen molar-refractivity contribution in [3.8, 4) is 5.75 Å². The number of methoxy groups -OCH3 is 1. The van der Waals surface area contributed by atoms with Crippen LogP contribution in [0.1, 0.15) is 53.4 Å². The second-order valence-corrected chi connectivity index (χ2v) is 8.66. The summed E-state index contributed by atoms with van der Waals surface area (Å²) in [5.41, 5.74) is 0.287. The van der Waals surface area contributed by atoms with E-state index in [-0.39, 0.29) is 42.7 Å². The molecule has 1 aliphatic carbocycles. The first-order valence-electron chi connectivity index (χ1n) is 9.86. The predicted octanol–water partition coefficient (Wildman–Crippen LogP) is 3.14. The number of rotatable bonds is 6. The summed E-state index contributed by atoms with van der Waals surface area (Å²) in [6.07, 6.45) is 3.77. The summed E-state index contributed by atoms with van der Waals surface area (Å²) in [5.74, 6) is 1.05. The largest absolute Gasteiger partial charge is 0.494 e. The second-order valence-electron chi connectivity index (χ2n) is 8.66. The van der Waals surface area contributed by atoms with Crippen molar-refractivity contribution in [1.29, 1.82) is 0 Å². The van der Waals surface area contributed by atoms with Crippen molar-refractivity contribution in [3.05, 3.63) is 24.3 Å². The SMILES string of the molecule is COCC(=O)[C@H]1CCC[C@H](Oc2ccc(B3OC(C)(C)C(C)(C)O3)cc2)C1. The fourth-order valence-electron chi connectivity index (χ4n) is 3.68. The van der Waals surface area contributed by atoms with Gasteiger partial charge in [0.05, 0.1) is 17.3 Å². The fourth-order valence-corrected chi connectivity index (χ4v) is 3.68. The molecule has 148 valence electrons. The van der Waals surface area contributed by atoms with Crippen molar-refractivity contribution < 1.29 is 23.6 Å². The van der Waals surface area contributed by atoms with Gasteiger partial charge in [-0.05, 0) is 71.0 Å². The molecule has 0 bridgehead atoms. The minimum atomic E-state index is -0.366. The first kappa shape index (κ1) is 20.4. The van der Waals surface area contributed by atoms with Gasteiger partial charge in [-0.25, -0.2) is 0 Å². The van der Waals surface area contributed by atoms with Crippen LogP contribution in [-0.2, 0) is 18.8 Å². The number of carbonyl (C=O) groups is 1. The van der Waals surface area contributed by atoms with Gasteiger partial charge in [0.15, 0.2) is 5.78 Å². The molecule has 5 nitrogen and oxygen atoms in total. The molecule has 2 atom stereocenters. The zero-order chi connectivity index (χ0) is 19.7. The van der Waals surface area contributed by atoms with E-state index in [1.54, 1.807) is 7.11 Å². The first-order chi connectivity index (χ1) is 12.7. The van der Waals surface area contributed by atoms with Gasteiger partial charge in [0.1, 0.15) is 12.4 Å². The van der Waals surface area contributed by atoms with E-state index in [9.17, 15) is 4.79 Å². The third kappa shape index (κ3) is 4.56. The highest BCUT2D eigenvalue weighted by Gasteiger charge is 2.51. The summed E-state index contributed by atoms with van der Waals surface area (Å²) in [5, 5.41) is 0. The van der Waals surface area contributed by atoms with Crippen LogP contribution in [0.3, 0.4) is 0 Å². The summed E-state index contributed by atoms with van der Waals surface area (Å²) in [6, 6.07) is 7.91. The Hall–Kier alpha value is -1.37.